The summed E-state index contributed by atoms with van der Waals surface area (Å²) < 4.78 is 0. The smallest absolute Gasteiger partial charge is 0.00922 e. The van der Waals surface area contributed by atoms with Crippen LogP contribution in [-0.2, 0) is 0 Å². The monoisotopic (exact) mass is 235 g/mol. The summed E-state index contributed by atoms with van der Waals surface area (Å²) in [5, 5.41) is 3.53. The fraction of sp³-hybridized carbons (Fsp3) is 1.00. The fourth-order valence-electron chi connectivity index (χ4n) is 5.72. The lowest BCUT2D eigenvalue weighted by atomic mass is 9.42. The molecule has 0 aromatic carbocycles. The molecule has 0 radical (unpaired) electrons. The van der Waals surface area contributed by atoms with Crippen LogP contribution >= 0.6 is 0 Å². The second kappa shape index (κ2) is 3.73. The number of hydrogen-bond acceptors (Lipinski definition) is 1. The zero-order valence-corrected chi connectivity index (χ0v) is 12.1. The van der Waals surface area contributed by atoms with E-state index in [9.17, 15) is 0 Å². The molecule has 0 aromatic rings. The van der Waals surface area contributed by atoms with Crippen molar-refractivity contribution in [3.63, 3.8) is 0 Å². The maximum atomic E-state index is 3.53. The van der Waals surface area contributed by atoms with Crippen LogP contribution in [0, 0.1) is 28.6 Å². The van der Waals surface area contributed by atoms with Crippen LogP contribution in [0.25, 0.3) is 0 Å². The van der Waals surface area contributed by atoms with Crippen molar-refractivity contribution in [2.45, 2.75) is 65.3 Å². The summed E-state index contributed by atoms with van der Waals surface area (Å²) in [6, 6.07) is 0.638. The van der Waals surface area contributed by atoms with Gasteiger partial charge in [0.15, 0.2) is 0 Å². The van der Waals surface area contributed by atoms with E-state index in [0.717, 1.165) is 17.8 Å². The Morgan fingerprint density at radius 3 is 1.76 bits per heavy atom. The van der Waals surface area contributed by atoms with Crippen LogP contribution in [0.3, 0.4) is 0 Å². The van der Waals surface area contributed by atoms with Gasteiger partial charge in [0.2, 0.25) is 0 Å². The van der Waals surface area contributed by atoms with Gasteiger partial charge in [-0.05, 0) is 81.1 Å². The standard InChI is InChI=1S/C16H29N/c1-11(17-4)15(2,3)16-8-12-5-13(9-16)7-14(6-12)10-16/h11-14,17H,5-10H2,1-4H3. The summed E-state index contributed by atoms with van der Waals surface area (Å²) in [5.41, 5.74) is 1.11. The first-order valence-electron chi connectivity index (χ1n) is 7.64. The van der Waals surface area contributed by atoms with Crippen molar-refractivity contribution in [1.29, 1.82) is 0 Å². The molecule has 0 amide bonds. The Kier molecular flexibility index (Phi) is 2.63. The van der Waals surface area contributed by atoms with Gasteiger partial charge in [0.25, 0.3) is 0 Å². The van der Waals surface area contributed by atoms with E-state index in [2.05, 4.69) is 33.1 Å². The SMILES string of the molecule is CNC(C)C(C)(C)C12CC3CC(CC(C3)C1)C2. The second-order valence-electron chi connectivity index (χ2n) is 7.93. The molecule has 4 aliphatic carbocycles. The van der Waals surface area contributed by atoms with E-state index in [1.807, 2.05) is 0 Å². The van der Waals surface area contributed by atoms with E-state index in [4.69, 9.17) is 0 Å². The van der Waals surface area contributed by atoms with E-state index in [1.54, 1.807) is 19.3 Å². The Labute approximate surface area is 107 Å². The van der Waals surface area contributed by atoms with Crippen LogP contribution < -0.4 is 5.32 Å². The molecule has 1 N–H and O–H groups in total. The van der Waals surface area contributed by atoms with E-state index >= 15 is 0 Å². The molecule has 4 fully saturated rings. The van der Waals surface area contributed by atoms with Crippen molar-refractivity contribution >= 4 is 0 Å². The highest BCUT2D eigenvalue weighted by Crippen LogP contribution is 2.66. The Bertz CT molecular complexity index is 269. The summed E-state index contributed by atoms with van der Waals surface area (Å²) in [5.74, 6) is 3.22. The van der Waals surface area contributed by atoms with Crippen LogP contribution in [0.2, 0.25) is 0 Å². The van der Waals surface area contributed by atoms with Gasteiger partial charge in [-0.1, -0.05) is 13.8 Å². The van der Waals surface area contributed by atoms with Crippen molar-refractivity contribution in [3.8, 4) is 0 Å². The maximum Gasteiger partial charge on any atom is 0.00922 e. The summed E-state index contributed by atoms with van der Waals surface area (Å²) in [4.78, 5) is 0. The number of rotatable bonds is 3. The van der Waals surface area contributed by atoms with E-state index in [1.165, 1.54) is 19.3 Å². The molecule has 1 nitrogen and oxygen atoms in total. The normalized spacial score (nSPS) is 46.2. The van der Waals surface area contributed by atoms with Gasteiger partial charge >= 0.3 is 0 Å². The van der Waals surface area contributed by atoms with Gasteiger partial charge in [-0.2, -0.15) is 0 Å². The summed E-state index contributed by atoms with van der Waals surface area (Å²) in [6.45, 7) is 7.45. The largest absolute Gasteiger partial charge is 0.317 e. The van der Waals surface area contributed by atoms with Crippen molar-refractivity contribution in [3.05, 3.63) is 0 Å². The predicted octanol–water partition coefficient (Wildman–Crippen LogP) is 3.84. The molecule has 0 spiro atoms. The molecule has 1 atom stereocenters. The molecule has 1 heteroatoms. The van der Waals surface area contributed by atoms with Crippen LogP contribution in [0.15, 0.2) is 0 Å². The minimum Gasteiger partial charge on any atom is -0.317 e. The molecule has 4 aliphatic rings. The van der Waals surface area contributed by atoms with Crippen LogP contribution in [0.4, 0.5) is 0 Å². The molecule has 0 heterocycles. The zero-order valence-electron chi connectivity index (χ0n) is 12.1. The summed E-state index contributed by atoms with van der Waals surface area (Å²) in [7, 11) is 2.13. The Balaban J connectivity index is 1.91. The second-order valence-corrected chi connectivity index (χ2v) is 7.93. The third-order valence-electron chi connectivity index (χ3n) is 6.92. The van der Waals surface area contributed by atoms with Crippen LogP contribution in [0.5, 0.6) is 0 Å². The molecule has 1 unspecified atom stereocenters. The van der Waals surface area contributed by atoms with Gasteiger partial charge in [-0.25, -0.2) is 0 Å². The van der Waals surface area contributed by atoms with Gasteiger partial charge < -0.3 is 5.32 Å². The summed E-state index contributed by atoms with van der Waals surface area (Å²) >= 11 is 0. The lowest BCUT2D eigenvalue weighted by molar-refractivity contribution is -0.128. The molecule has 0 aliphatic heterocycles. The van der Waals surface area contributed by atoms with Gasteiger partial charge in [-0.15, -0.1) is 0 Å². The van der Waals surface area contributed by atoms with E-state index in [0.29, 0.717) is 16.9 Å². The van der Waals surface area contributed by atoms with Crippen molar-refractivity contribution in [2.24, 2.45) is 28.6 Å². The first-order chi connectivity index (χ1) is 7.97. The molecule has 0 aromatic heterocycles. The Morgan fingerprint density at radius 2 is 1.41 bits per heavy atom. The minimum atomic E-state index is 0.456. The highest BCUT2D eigenvalue weighted by molar-refractivity contribution is 5.08. The van der Waals surface area contributed by atoms with E-state index < -0.39 is 0 Å². The number of hydrogen-bond donors (Lipinski definition) is 1. The van der Waals surface area contributed by atoms with Gasteiger partial charge in [-0.3, -0.25) is 0 Å². The zero-order chi connectivity index (χ0) is 12.3. The first-order valence-corrected chi connectivity index (χ1v) is 7.64. The Morgan fingerprint density at radius 1 is 1.00 bits per heavy atom. The van der Waals surface area contributed by atoms with Crippen molar-refractivity contribution in [1.82, 2.24) is 5.32 Å². The van der Waals surface area contributed by atoms with Crippen molar-refractivity contribution in [2.75, 3.05) is 7.05 Å². The molecule has 4 bridgehead atoms. The topological polar surface area (TPSA) is 12.0 Å². The highest BCUT2D eigenvalue weighted by Gasteiger charge is 2.57. The van der Waals surface area contributed by atoms with Crippen LogP contribution in [0.1, 0.15) is 59.3 Å². The average molecular weight is 235 g/mol. The van der Waals surface area contributed by atoms with Crippen molar-refractivity contribution < 1.29 is 0 Å². The quantitative estimate of drug-likeness (QED) is 0.784. The minimum absolute atomic E-state index is 0.456. The molecule has 4 rings (SSSR count). The maximum absolute atomic E-state index is 3.53. The summed E-state index contributed by atoms with van der Waals surface area (Å²) in [6.07, 6.45) is 9.25. The molecular weight excluding hydrogens is 206 g/mol. The van der Waals surface area contributed by atoms with Gasteiger partial charge in [0.05, 0.1) is 0 Å². The lowest BCUT2D eigenvalue weighted by Gasteiger charge is -2.63. The molecular formula is C16H29N. The number of nitrogens with one attached hydrogen (secondary N) is 1. The van der Waals surface area contributed by atoms with E-state index in [-0.39, 0.29) is 0 Å². The third-order valence-corrected chi connectivity index (χ3v) is 6.92. The Hall–Kier alpha value is -0.0400. The highest BCUT2D eigenvalue weighted by atomic mass is 14.9. The fourth-order valence-corrected chi connectivity index (χ4v) is 5.72. The van der Waals surface area contributed by atoms with Gasteiger partial charge in [0.1, 0.15) is 0 Å². The average Bonchev–Trinajstić information content (AvgIpc) is 2.25. The molecule has 98 valence electrons. The molecule has 17 heavy (non-hydrogen) atoms. The van der Waals surface area contributed by atoms with Gasteiger partial charge in [0, 0.05) is 6.04 Å². The predicted molar refractivity (Wildman–Crippen MR) is 72.9 cm³/mol. The van der Waals surface area contributed by atoms with Crippen LogP contribution in [-0.4, -0.2) is 13.1 Å². The molecule has 4 saturated carbocycles. The third kappa shape index (κ3) is 1.61. The first kappa shape index (κ1) is 12.0. The molecule has 0 saturated heterocycles. The lowest BCUT2D eigenvalue weighted by Crippen LogP contribution is -2.58.